The Morgan fingerprint density at radius 2 is 1.76 bits per heavy atom. The van der Waals surface area contributed by atoms with Gasteiger partial charge >= 0.3 is 0 Å². The minimum Gasteiger partial charge on any atom is -0.457 e. The smallest absolute Gasteiger partial charge is 0.276 e. The van der Waals surface area contributed by atoms with E-state index in [1.807, 2.05) is 0 Å². The Labute approximate surface area is 96.4 Å². The van der Waals surface area contributed by atoms with Crippen molar-refractivity contribution < 1.29 is 14.1 Å². The highest BCUT2D eigenvalue weighted by Gasteiger charge is 2.10. The number of rotatable bonds is 3. The Morgan fingerprint density at radius 1 is 1.06 bits per heavy atom. The summed E-state index contributed by atoms with van der Waals surface area (Å²) in [5.41, 5.74) is -0.337. The Balaban J connectivity index is 2.30. The highest BCUT2D eigenvalue weighted by atomic mass is 19.1. The summed E-state index contributed by atoms with van der Waals surface area (Å²) < 4.78 is 18.4. The van der Waals surface area contributed by atoms with Gasteiger partial charge in [-0.25, -0.2) is 4.39 Å². The van der Waals surface area contributed by atoms with Crippen molar-refractivity contribution in [2.75, 3.05) is 0 Å². The van der Waals surface area contributed by atoms with Gasteiger partial charge in [0.2, 0.25) is 0 Å². The van der Waals surface area contributed by atoms with Gasteiger partial charge in [-0.3, -0.25) is 10.1 Å². The maximum Gasteiger partial charge on any atom is 0.276 e. The van der Waals surface area contributed by atoms with Crippen LogP contribution >= 0.6 is 0 Å². The number of hydrogen-bond acceptors (Lipinski definition) is 3. The van der Waals surface area contributed by atoms with E-state index in [2.05, 4.69) is 0 Å². The molecule has 0 amide bonds. The predicted octanol–water partition coefficient (Wildman–Crippen LogP) is 3.53. The fraction of sp³-hybridized carbons (Fsp3) is 0. The molecule has 0 heterocycles. The lowest BCUT2D eigenvalue weighted by atomic mass is 10.3. The maximum atomic E-state index is 13.1. The topological polar surface area (TPSA) is 52.4 Å². The molecular weight excluding hydrogens is 225 g/mol. The molecule has 2 aromatic rings. The fourth-order valence-corrected chi connectivity index (χ4v) is 1.34. The molecule has 0 saturated carbocycles. The molecule has 17 heavy (non-hydrogen) atoms. The van der Waals surface area contributed by atoms with Crippen molar-refractivity contribution in [3.8, 4) is 11.5 Å². The summed E-state index contributed by atoms with van der Waals surface area (Å²) >= 11 is 0. The van der Waals surface area contributed by atoms with Gasteiger partial charge in [-0.2, -0.15) is 0 Å². The van der Waals surface area contributed by atoms with Crippen LogP contribution in [0.3, 0.4) is 0 Å². The third-order valence-electron chi connectivity index (χ3n) is 2.05. The summed E-state index contributed by atoms with van der Waals surface area (Å²) in [6.07, 6.45) is 0. The summed E-state index contributed by atoms with van der Waals surface area (Å²) in [5, 5.41) is 10.5. The molecule has 5 heteroatoms. The summed E-state index contributed by atoms with van der Waals surface area (Å²) in [7, 11) is 0. The lowest BCUT2D eigenvalue weighted by molar-refractivity contribution is -0.385. The molecule has 0 aliphatic rings. The molecule has 0 aromatic heterocycles. The van der Waals surface area contributed by atoms with E-state index >= 15 is 0 Å². The first-order chi connectivity index (χ1) is 8.15. The Kier molecular flexibility index (Phi) is 3.00. The van der Waals surface area contributed by atoms with Gasteiger partial charge in [0.1, 0.15) is 17.3 Å². The zero-order valence-corrected chi connectivity index (χ0v) is 8.67. The summed E-state index contributed by atoms with van der Waals surface area (Å²) in [4.78, 5) is 9.88. The zero-order valence-electron chi connectivity index (χ0n) is 8.67. The Morgan fingerprint density at radius 3 is 2.41 bits per heavy atom. The second-order valence-electron chi connectivity index (χ2n) is 3.32. The second kappa shape index (κ2) is 4.61. The highest BCUT2D eigenvalue weighted by molar-refractivity contribution is 5.41. The molecule has 2 rings (SSSR count). The van der Waals surface area contributed by atoms with Crippen LogP contribution in [0.25, 0.3) is 0 Å². The van der Waals surface area contributed by atoms with Gasteiger partial charge in [-0.15, -0.1) is 0 Å². The van der Waals surface area contributed by atoms with Crippen LogP contribution in [0.1, 0.15) is 0 Å². The van der Waals surface area contributed by atoms with E-state index in [0.29, 0.717) is 5.75 Å². The molecule has 0 aliphatic heterocycles. The summed E-state index contributed by atoms with van der Waals surface area (Å²) in [6.45, 7) is 0. The number of ether oxygens (including phenoxy) is 1. The summed E-state index contributed by atoms with van der Waals surface area (Å²) in [5.74, 6) is -0.111. The van der Waals surface area contributed by atoms with Gasteiger partial charge in [-0.1, -0.05) is 18.2 Å². The van der Waals surface area contributed by atoms with Gasteiger partial charge in [0.15, 0.2) is 0 Å². The van der Waals surface area contributed by atoms with E-state index < -0.39 is 10.7 Å². The van der Waals surface area contributed by atoms with E-state index in [-0.39, 0.29) is 11.4 Å². The van der Waals surface area contributed by atoms with Crippen LogP contribution in [0.4, 0.5) is 10.1 Å². The number of nitro benzene ring substituents is 1. The van der Waals surface area contributed by atoms with Crippen LogP contribution in [0.5, 0.6) is 11.5 Å². The molecule has 0 bridgehead atoms. The molecule has 4 nitrogen and oxygen atoms in total. The number of nitro groups is 1. The third kappa shape index (κ3) is 2.78. The van der Waals surface area contributed by atoms with E-state index in [1.54, 1.807) is 30.3 Å². The lowest BCUT2D eigenvalue weighted by Crippen LogP contribution is -1.91. The zero-order chi connectivity index (χ0) is 12.3. The Hall–Kier alpha value is -2.43. The van der Waals surface area contributed by atoms with Gasteiger partial charge < -0.3 is 4.74 Å². The largest absolute Gasteiger partial charge is 0.457 e. The normalized spacial score (nSPS) is 9.94. The molecule has 0 saturated heterocycles. The highest BCUT2D eigenvalue weighted by Crippen LogP contribution is 2.26. The first-order valence-corrected chi connectivity index (χ1v) is 4.83. The van der Waals surface area contributed by atoms with E-state index in [9.17, 15) is 14.5 Å². The number of para-hydroxylation sites is 1. The average Bonchev–Trinajstić information content (AvgIpc) is 2.29. The molecule has 0 unspecified atom stereocenters. The fourth-order valence-electron chi connectivity index (χ4n) is 1.34. The van der Waals surface area contributed by atoms with Crippen LogP contribution in [-0.4, -0.2) is 4.92 Å². The molecule has 0 spiro atoms. The lowest BCUT2D eigenvalue weighted by Gasteiger charge is -2.05. The number of nitrogens with zero attached hydrogens (tertiary/aromatic N) is 1. The van der Waals surface area contributed by atoms with Gasteiger partial charge in [0.05, 0.1) is 17.1 Å². The number of non-ortho nitro benzene ring substituents is 1. The maximum absolute atomic E-state index is 13.1. The Bertz CT molecular complexity index is 543. The molecule has 86 valence electrons. The third-order valence-corrected chi connectivity index (χ3v) is 2.05. The van der Waals surface area contributed by atoms with Gasteiger partial charge in [-0.05, 0) is 12.1 Å². The SMILES string of the molecule is O=[N+]([O-])c1cc(F)cc(Oc2ccccc2)c1. The number of halogens is 1. The molecule has 0 atom stereocenters. The van der Waals surface area contributed by atoms with Gasteiger partial charge in [0.25, 0.3) is 5.69 Å². The van der Waals surface area contributed by atoms with Crippen molar-refractivity contribution in [1.82, 2.24) is 0 Å². The monoisotopic (exact) mass is 233 g/mol. The van der Waals surface area contributed by atoms with Crippen LogP contribution in [0.15, 0.2) is 48.5 Å². The van der Waals surface area contributed by atoms with Crippen molar-refractivity contribution >= 4 is 5.69 Å². The van der Waals surface area contributed by atoms with E-state index in [4.69, 9.17) is 4.74 Å². The van der Waals surface area contributed by atoms with Crippen LogP contribution in [0.2, 0.25) is 0 Å². The number of benzene rings is 2. The standard InChI is InChI=1S/C12H8FNO3/c13-9-6-10(14(15)16)8-12(7-9)17-11-4-2-1-3-5-11/h1-8H. The molecule has 0 aliphatic carbocycles. The van der Waals surface area contributed by atoms with Crippen molar-refractivity contribution in [1.29, 1.82) is 0 Å². The minimum atomic E-state index is -0.704. The number of hydrogen-bond donors (Lipinski definition) is 0. The molecule has 0 fully saturated rings. The van der Waals surface area contributed by atoms with Crippen molar-refractivity contribution in [3.63, 3.8) is 0 Å². The van der Waals surface area contributed by atoms with Crippen LogP contribution < -0.4 is 4.74 Å². The molecule has 2 aromatic carbocycles. The van der Waals surface area contributed by atoms with Crippen molar-refractivity contribution in [2.45, 2.75) is 0 Å². The van der Waals surface area contributed by atoms with E-state index in [0.717, 1.165) is 12.1 Å². The molecule has 0 N–H and O–H groups in total. The average molecular weight is 233 g/mol. The van der Waals surface area contributed by atoms with Gasteiger partial charge in [0, 0.05) is 6.07 Å². The molecule has 0 radical (unpaired) electrons. The van der Waals surface area contributed by atoms with E-state index in [1.165, 1.54) is 6.07 Å². The van der Waals surface area contributed by atoms with Crippen LogP contribution in [-0.2, 0) is 0 Å². The predicted molar refractivity (Wildman–Crippen MR) is 59.6 cm³/mol. The first kappa shape index (κ1) is 11.1. The molecular formula is C12H8FNO3. The van der Waals surface area contributed by atoms with Crippen molar-refractivity contribution in [2.24, 2.45) is 0 Å². The second-order valence-corrected chi connectivity index (χ2v) is 3.32. The first-order valence-electron chi connectivity index (χ1n) is 4.83. The summed E-state index contributed by atoms with van der Waals surface area (Å²) in [6, 6.07) is 11.8. The quantitative estimate of drug-likeness (QED) is 0.602. The van der Waals surface area contributed by atoms with Crippen molar-refractivity contribution in [3.05, 3.63) is 64.5 Å². The van der Waals surface area contributed by atoms with Crippen LogP contribution in [0, 0.1) is 15.9 Å². The minimum absolute atomic E-state index is 0.0999.